The monoisotopic (exact) mass is 407 g/mol. The minimum Gasteiger partial charge on any atom is -0.367 e. The number of anilines is 2. The number of fused-ring (bicyclic) bond motifs is 1. The SMILES string of the molecule is c1csc(CCN2CCN(c3nc(NC4CCCC4)c4ccccc4n3)CC2)c1. The van der Waals surface area contributed by atoms with Gasteiger partial charge in [-0.15, -0.1) is 11.3 Å². The second-order valence-corrected chi connectivity index (χ2v) is 9.21. The standard InChI is InChI=1S/C23H29N5S/c1-2-7-18(6-1)24-22-20-9-3-4-10-21(20)25-23(26-22)28-15-13-27(14-16-28)12-11-19-8-5-17-29-19/h3-5,8-10,17-18H,1-2,6-7,11-16H2,(H,24,25,26). The Morgan fingerprint density at radius 1 is 0.966 bits per heavy atom. The van der Waals surface area contributed by atoms with Crippen LogP contribution in [-0.4, -0.2) is 53.6 Å². The lowest BCUT2D eigenvalue weighted by Gasteiger charge is -2.35. The Bertz CT molecular complexity index is 928. The number of piperazine rings is 1. The van der Waals surface area contributed by atoms with Gasteiger partial charge in [-0.2, -0.15) is 4.98 Å². The molecule has 5 rings (SSSR count). The quantitative estimate of drug-likeness (QED) is 0.656. The Balaban J connectivity index is 1.28. The van der Waals surface area contributed by atoms with Gasteiger partial charge in [-0.25, -0.2) is 4.98 Å². The zero-order chi connectivity index (χ0) is 19.5. The third-order valence-corrected chi connectivity index (χ3v) is 7.13. The minimum atomic E-state index is 0.551. The van der Waals surface area contributed by atoms with Crippen LogP contribution < -0.4 is 10.2 Å². The molecular weight excluding hydrogens is 378 g/mol. The van der Waals surface area contributed by atoms with Crippen molar-refractivity contribution >= 4 is 34.0 Å². The molecule has 1 N–H and O–H groups in total. The normalized spacial score (nSPS) is 18.6. The molecule has 152 valence electrons. The highest BCUT2D eigenvalue weighted by atomic mass is 32.1. The first kappa shape index (κ1) is 18.8. The summed E-state index contributed by atoms with van der Waals surface area (Å²) < 4.78 is 0. The number of hydrogen-bond donors (Lipinski definition) is 1. The molecule has 5 nitrogen and oxygen atoms in total. The summed E-state index contributed by atoms with van der Waals surface area (Å²) in [4.78, 5) is 16.3. The van der Waals surface area contributed by atoms with E-state index in [-0.39, 0.29) is 0 Å². The van der Waals surface area contributed by atoms with Crippen LogP contribution in [0.4, 0.5) is 11.8 Å². The van der Waals surface area contributed by atoms with E-state index in [0.717, 1.165) is 61.8 Å². The van der Waals surface area contributed by atoms with Crippen molar-refractivity contribution in [3.05, 3.63) is 46.7 Å². The molecule has 1 aliphatic heterocycles. The molecule has 1 aromatic carbocycles. The molecule has 29 heavy (non-hydrogen) atoms. The second-order valence-electron chi connectivity index (χ2n) is 8.17. The number of nitrogens with one attached hydrogen (secondary N) is 1. The van der Waals surface area contributed by atoms with Crippen molar-refractivity contribution < 1.29 is 0 Å². The molecule has 0 bridgehead atoms. The van der Waals surface area contributed by atoms with Crippen LogP contribution in [-0.2, 0) is 6.42 Å². The first-order chi connectivity index (χ1) is 14.3. The summed E-state index contributed by atoms with van der Waals surface area (Å²) in [5, 5.41) is 7.03. The maximum Gasteiger partial charge on any atom is 0.227 e. The molecule has 1 aliphatic carbocycles. The third-order valence-electron chi connectivity index (χ3n) is 6.20. The number of aromatic nitrogens is 2. The summed E-state index contributed by atoms with van der Waals surface area (Å²) in [6.45, 7) is 5.28. The van der Waals surface area contributed by atoms with Crippen LogP contribution in [0.1, 0.15) is 30.6 Å². The Labute approximate surface area is 176 Å². The van der Waals surface area contributed by atoms with Crippen molar-refractivity contribution in [3.8, 4) is 0 Å². The van der Waals surface area contributed by atoms with Crippen molar-refractivity contribution in [3.63, 3.8) is 0 Å². The van der Waals surface area contributed by atoms with Crippen molar-refractivity contribution in [1.82, 2.24) is 14.9 Å². The summed E-state index contributed by atoms with van der Waals surface area (Å²) in [5.74, 6) is 1.89. The number of rotatable bonds is 6. The molecule has 0 amide bonds. The molecule has 0 radical (unpaired) electrons. The van der Waals surface area contributed by atoms with E-state index in [2.05, 4.69) is 56.9 Å². The Hall–Kier alpha value is -2.18. The van der Waals surface area contributed by atoms with Crippen molar-refractivity contribution in [2.75, 3.05) is 42.9 Å². The summed E-state index contributed by atoms with van der Waals surface area (Å²) in [6.07, 6.45) is 6.29. The lowest BCUT2D eigenvalue weighted by atomic mass is 10.2. The van der Waals surface area contributed by atoms with E-state index in [1.165, 1.54) is 30.6 Å². The zero-order valence-electron chi connectivity index (χ0n) is 16.9. The largest absolute Gasteiger partial charge is 0.367 e. The predicted molar refractivity (Wildman–Crippen MR) is 122 cm³/mol. The van der Waals surface area contributed by atoms with Gasteiger partial charge in [-0.1, -0.05) is 31.0 Å². The van der Waals surface area contributed by atoms with Crippen LogP contribution in [0.2, 0.25) is 0 Å². The molecule has 1 saturated heterocycles. The lowest BCUT2D eigenvalue weighted by molar-refractivity contribution is 0.260. The van der Waals surface area contributed by atoms with Crippen LogP contribution in [0.3, 0.4) is 0 Å². The molecule has 0 spiro atoms. The van der Waals surface area contributed by atoms with Crippen LogP contribution >= 0.6 is 11.3 Å². The fourth-order valence-electron chi connectivity index (χ4n) is 4.47. The van der Waals surface area contributed by atoms with Crippen LogP contribution in [0.15, 0.2) is 41.8 Å². The summed E-state index contributed by atoms with van der Waals surface area (Å²) in [5.41, 5.74) is 1.04. The van der Waals surface area contributed by atoms with E-state index < -0.39 is 0 Å². The predicted octanol–water partition coefficient (Wildman–Crippen LogP) is 4.41. The van der Waals surface area contributed by atoms with Crippen molar-refractivity contribution in [1.29, 1.82) is 0 Å². The topological polar surface area (TPSA) is 44.3 Å². The number of thiophene rings is 1. The number of para-hydroxylation sites is 1. The first-order valence-electron chi connectivity index (χ1n) is 10.9. The molecule has 2 aromatic heterocycles. The minimum absolute atomic E-state index is 0.551. The van der Waals surface area contributed by atoms with Gasteiger partial charge >= 0.3 is 0 Å². The van der Waals surface area contributed by atoms with Gasteiger partial charge in [0.05, 0.1) is 5.52 Å². The molecule has 6 heteroatoms. The molecular formula is C23H29N5S. The van der Waals surface area contributed by atoms with Crippen LogP contribution in [0.25, 0.3) is 10.9 Å². The van der Waals surface area contributed by atoms with E-state index in [4.69, 9.17) is 9.97 Å². The van der Waals surface area contributed by atoms with Gasteiger partial charge in [0.15, 0.2) is 0 Å². The van der Waals surface area contributed by atoms with Gasteiger partial charge in [-0.05, 0) is 42.8 Å². The average molecular weight is 408 g/mol. The fraction of sp³-hybridized carbons (Fsp3) is 0.478. The van der Waals surface area contributed by atoms with Gasteiger partial charge in [0.1, 0.15) is 5.82 Å². The molecule has 0 atom stereocenters. The molecule has 0 unspecified atom stereocenters. The van der Waals surface area contributed by atoms with E-state index >= 15 is 0 Å². The Kier molecular flexibility index (Phi) is 5.63. The average Bonchev–Trinajstić information content (AvgIpc) is 3.47. The highest BCUT2D eigenvalue weighted by Crippen LogP contribution is 2.28. The van der Waals surface area contributed by atoms with Crippen LogP contribution in [0, 0.1) is 0 Å². The Morgan fingerprint density at radius 2 is 1.79 bits per heavy atom. The summed E-state index contributed by atoms with van der Waals surface area (Å²) in [7, 11) is 0. The van der Waals surface area contributed by atoms with E-state index in [1.54, 1.807) is 0 Å². The van der Waals surface area contributed by atoms with E-state index in [1.807, 2.05) is 11.3 Å². The number of benzene rings is 1. The van der Waals surface area contributed by atoms with Gasteiger partial charge in [0.25, 0.3) is 0 Å². The van der Waals surface area contributed by atoms with Crippen LogP contribution in [0.5, 0.6) is 0 Å². The number of hydrogen-bond acceptors (Lipinski definition) is 6. The third kappa shape index (κ3) is 4.38. The molecule has 1 saturated carbocycles. The fourth-order valence-corrected chi connectivity index (χ4v) is 5.17. The van der Waals surface area contributed by atoms with Gasteiger partial charge in [0, 0.05) is 49.0 Å². The van der Waals surface area contributed by atoms with Crippen molar-refractivity contribution in [2.45, 2.75) is 38.1 Å². The molecule has 3 aromatic rings. The maximum atomic E-state index is 4.99. The lowest BCUT2D eigenvalue weighted by Crippen LogP contribution is -2.47. The first-order valence-corrected chi connectivity index (χ1v) is 11.8. The zero-order valence-corrected chi connectivity index (χ0v) is 17.7. The van der Waals surface area contributed by atoms with Gasteiger partial charge in [-0.3, -0.25) is 4.90 Å². The molecule has 3 heterocycles. The molecule has 2 aliphatic rings. The van der Waals surface area contributed by atoms with Gasteiger partial charge in [0.2, 0.25) is 5.95 Å². The highest BCUT2D eigenvalue weighted by molar-refractivity contribution is 7.09. The number of nitrogens with zero attached hydrogens (tertiary/aromatic N) is 4. The van der Waals surface area contributed by atoms with Crippen molar-refractivity contribution in [2.24, 2.45) is 0 Å². The van der Waals surface area contributed by atoms with E-state index in [9.17, 15) is 0 Å². The second kappa shape index (κ2) is 8.67. The Morgan fingerprint density at radius 3 is 2.59 bits per heavy atom. The highest BCUT2D eigenvalue weighted by Gasteiger charge is 2.22. The molecule has 2 fully saturated rings. The van der Waals surface area contributed by atoms with E-state index in [0.29, 0.717) is 6.04 Å². The maximum absolute atomic E-state index is 4.99. The smallest absolute Gasteiger partial charge is 0.227 e. The summed E-state index contributed by atoms with van der Waals surface area (Å²) in [6, 6.07) is 13.3. The van der Waals surface area contributed by atoms with Gasteiger partial charge < -0.3 is 10.2 Å². The summed E-state index contributed by atoms with van der Waals surface area (Å²) >= 11 is 1.86.